The van der Waals surface area contributed by atoms with Crippen molar-refractivity contribution in [2.24, 2.45) is 0 Å². The molecule has 2 aromatic heterocycles. The zero-order valence-electron chi connectivity index (χ0n) is 12.7. The Morgan fingerprint density at radius 2 is 1.92 bits per heavy atom. The van der Waals surface area contributed by atoms with E-state index in [2.05, 4.69) is 23.8 Å². The van der Waals surface area contributed by atoms with Gasteiger partial charge in [-0.2, -0.15) is 4.31 Å². The van der Waals surface area contributed by atoms with E-state index in [4.69, 9.17) is 14.5 Å². The molecule has 3 heterocycles. The molecule has 2 aromatic rings. The van der Waals surface area contributed by atoms with Crippen LogP contribution in [0.1, 0.15) is 6.23 Å². The molecule has 0 amide bonds. The maximum Gasteiger partial charge on any atom is 0.481 e. The SMILES string of the molecule is O=P(O)(O)OP(=O)(O)OC[C@H]1O[C@@H](n2cnc3cncnc32)[C@H](O)[C@@H]1O. The quantitative estimate of drug-likeness (QED) is 0.349. The smallest absolute Gasteiger partial charge is 0.387 e. The molecule has 3 rings (SSSR count). The second kappa shape index (κ2) is 7.02. The highest BCUT2D eigenvalue weighted by Gasteiger charge is 2.45. The summed E-state index contributed by atoms with van der Waals surface area (Å²) in [5, 5.41) is 20.2. The first-order chi connectivity index (χ1) is 12.1. The first-order valence-electron chi connectivity index (χ1n) is 6.96. The van der Waals surface area contributed by atoms with Crippen LogP contribution in [0.15, 0.2) is 18.9 Å². The number of phosphoric ester groups is 1. The van der Waals surface area contributed by atoms with Gasteiger partial charge in [-0.3, -0.25) is 9.09 Å². The number of ether oxygens (including phenoxy) is 1. The van der Waals surface area contributed by atoms with Gasteiger partial charge >= 0.3 is 15.6 Å². The third-order valence-electron chi connectivity index (χ3n) is 3.46. The van der Waals surface area contributed by atoms with E-state index in [1.165, 1.54) is 23.4 Å². The lowest BCUT2D eigenvalue weighted by Crippen LogP contribution is -2.33. The highest BCUT2D eigenvalue weighted by molar-refractivity contribution is 7.60. The van der Waals surface area contributed by atoms with Crippen molar-refractivity contribution in [3.05, 3.63) is 18.9 Å². The average molecular weight is 412 g/mol. The number of fused-ring (bicyclic) bond motifs is 1. The molecular formula is C10H14N4O10P2. The Kier molecular flexibility index (Phi) is 5.25. The molecule has 0 bridgehead atoms. The van der Waals surface area contributed by atoms with Gasteiger partial charge in [0.2, 0.25) is 0 Å². The fourth-order valence-electron chi connectivity index (χ4n) is 2.39. The fourth-order valence-corrected chi connectivity index (χ4v) is 3.99. The van der Waals surface area contributed by atoms with E-state index in [0.29, 0.717) is 11.2 Å². The predicted octanol–water partition coefficient (Wildman–Crippen LogP) is -1.33. The van der Waals surface area contributed by atoms with E-state index in [9.17, 15) is 24.2 Å². The molecule has 1 aliphatic heterocycles. The zero-order valence-corrected chi connectivity index (χ0v) is 14.5. The van der Waals surface area contributed by atoms with Crippen LogP contribution in [0, 0.1) is 0 Å². The van der Waals surface area contributed by atoms with Crippen LogP contribution in [0.5, 0.6) is 0 Å². The molecule has 1 unspecified atom stereocenters. The molecule has 0 aromatic carbocycles. The van der Waals surface area contributed by atoms with Crippen molar-refractivity contribution in [3.8, 4) is 0 Å². The summed E-state index contributed by atoms with van der Waals surface area (Å²) in [7, 11) is -10.4. The summed E-state index contributed by atoms with van der Waals surface area (Å²) in [6.07, 6.45) is -1.45. The lowest BCUT2D eigenvalue weighted by molar-refractivity contribution is -0.0503. The van der Waals surface area contributed by atoms with Crippen molar-refractivity contribution < 1.29 is 47.6 Å². The minimum atomic E-state index is -5.27. The number of aliphatic hydroxyl groups excluding tert-OH is 2. The van der Waals surface area contributed by atoms with Crippen LogP contribution in [-0.4, -0.2) is 69.3 Å². The van der Waals surface area contributed by atoms with Gasteiger partial charge in [0.05, 0.1) is 19.1 Å². The molecular weight excluding hydrogens is 398 g/mol. The maximum absolute atomic E-state index is 11.4. The van der Waals surface area contributed by atoms with E-state index < -0.39 is 46.8 Å². The number of aromatic nitrogens is 4. The third-order valence-corrected chi connectivity index (χ3v) is 5.61. The van der Waals surface area contributed by atoms with E-state index in [1.807, 2.05) is 0 Å². The fraction of sp³-hybridized carbons (Fsp3) is 0.500. The monoisotopic (exact) mass is 412 g/mol. The van der Waals surface area contributed by atoms with Gasteiger partial charge in [-0.25, -0.2) is 24.1 Å². The lowest BCUT2D eigenvalue weighted by atomic mass is 10.1. The van der Waals surface area contributed by atoms with Gasteiger partial charge in [0.15, 0.2) is 11.9 Å². The Labute approximate surface area is 144 Å². The predicted molar refractivity (Wildman–Crippen MR) is 80.2 cm³/mol. The Morgan fingerprint density at radius 1 is 1.19 bits per heavy atom. The van der Waals surface area contributed by atoms with E-state index in [0.717, 1.165) is 0 Å². The van der Waals surface area contributed by atoms with Crippen LogP contribution in [0.3, 0.4) is 0 Å². The Morgan fingerprint density at radius 3 is 2.62 bits per heavy atom. The molecule has 0 aliphatic carbocycles. The normalized spacial score (nSPS) is 29.1. The van der Waals surface area contributed by atoms with Crippen molar-refractivity contribution in [1.82, 2.24) is 19.5 Å². The molecule has 144 valence electrons. The average Bonchev–Trinajstić information content (AvgIpc) is 3.06. The van der Waals surface area contributed by atoms with Crippen molar-refractivity contribution in [2.45, 2.75) is 24.5 Å². The van der Waals surface area contributed by atoms with Crippen LogP contribution in [-0.2, 0) is 22.7 Å². The van der Waals surface area contributed by atoms with E-state index >= 15 is 0 Å². The standard InChI is InChI=1S/C10H14N4O10P2/c15-7-6(2-22-26(20,21)24-25(17,18)19)23-10(8(7)16)14-4-13-5-1-11-3-12-9(5)14/h1,3-4,6-8,10,15-16H,2H2,(H,20,21)(H2,17,18,19)/t6-,7-,8-,10-/m1/s1. The van der Waals surface area contributed by atoms with Gasteiger partial charge in [0.1, 0.15) is 30.2 Å². The molecule has 26 heavy (non-hydrogen) atoms. The first kappa shape index (κ1) is 19.5. The molecule has 1 fully saturated rings. The van der Waals surface area contributed by atoms with Crippen molar-refractivity contribution >= 4 is 26.8 Å². The Bertz CT molecular complexity index is 886. The molecule has 0 saturated carbocycles. The van der Waals surface area contributed by atoms with E-state index in [1.54, 1.807) is 0 Å². The maximum atomic E-state index is 11.4. The second-order valence-corrected chi connectivity index (χ2v) is 8.10. The summed E-state index contributed by atoms with van der Waals surface area (Å²) < 4.78 is 36.8. The van der Waals surface area contributed by atoms with Gasteiger partial charge in [0.25, 0.3) is 0 Å². The number of hydrogen-bond donors (Lipinski definition) is 5. The van der Waals surface area contributed by atoms with Gasteiger partial charge in [-0.05, 0) is 0 Å². The summed E-state index contributed by atoms with van der Waals surface area (Å²) in [6.45, 7) is -0.788. The lowest BCUT2D eigenvalue weighted by Gasteiger charge is -2.17. The summed E-state index contributed by atoms with van der Waals surface area (Å²) in [4.78, 5) is 38.1. The van der Waals surface area contributed by atoms with Crippen LogP contribution in [0.2, 0.25) is 0 Å². The summed E-state index contributed by atoms with van der Waals surface area (Å²) in [5.74, 6) is 0. The Hall–Kier alpha value is -1.31. The summed E-state index contributed by atoms with van der Waals surface area (Å²) in [5.41, 5.74) is 0.725. The number of hydrogen-bond acceptors (Lipinski definition) is 10. The molecule has 5 N–H and O–H groups in total. The van der Waals surface area contributed by atoms with Crippen LogP contribution < -0.4 is 0 Å². The van der Waals surface area contributed by atoms with Crippen LogP contribution in [0.4, 0.5) is 0 Å². The van der Waals surface area contributed by atoms with Gasteiger partial charge < -0.3 is 29.6 Å². The second-order valence-electron chi connectivity index (χ2n) is 5.27. The van der Waals surface area contributed by atoms with E-state index in [-0.39, 0.29) is 0 Å². The summed E-state index contributed by atoms with van der Waals surface area (Å²) in [6, 6.07) is 0. The number of phosphoric acid groups is 2. The van der Waals surface area contributed by atoms with Crippen LogP contribution in [0.25, 0.3) is 11.2 Å². The van der Waals surface area contributed by atoms with Crippen molar-refractivity contribution in [3.63, 3.8) is 0 Å². The number of imidazole rings is 1. The topological polar surface area (TPSA) is 207 Å². The van der Waals surface area contributed by atoms with Crippen LogP contribution >= 0.6 is 15.6 Å². The third kappa shape index (κ3) is 4.15. The molecule has 5 atom stereocenters. The van der Waals surface area contributed by atoms with Crippen molar-refractivity contribution in [2.75, 3.05) is 6.61 Å². The van der Waals surface area contributed by atoms with Crippen molar-refractivity contribution in [1.29, 1.82) is 0 Å². The molecule has 16 heteroatoms. The minimum absolute atomic E-state index is 0.315. The minimum Gasteiger partial charge on any atom is -0.387 e. The molecule has 14 nitrogen and oxygen atoms in total. The number of nitrogens with zero attached hydrogens (tertiary/aromatic N) is 4. The molecule has 1 aliphatic rings. The van der Waals surface area contributed by atoms with Gasteiger partial charge in [-0.15, -0.1) is 0 Å². The molecule has 1 saturated heterocycles. The number of rotatable bonds is 6. The van der Waals surface area contributed by atoms with Gasteiger partial charge in [-0.1, -0.05) is 0 Å². The Balaban J connectivity index is 1.72. The zero-order chi connectivity index (χ0) is 19.1. The molecule has 0 spiro atoms. The highest BCUT2D eigenvalue weighted by Crippen LogP contribution is 2.57. The highest BCUT2D eigenvalue weighted by atomic mass is 31.3. The largest absolute Gasteiger partial charge is 0.481 e. The number of aliphatic hydroxyl groups is 2. The first-order valence-corrected chi connectivity index (χ1v) is 9.98. The summed E-state index contributed by atoms with van der Waals surface area (Å²) >= 11 is 0. The molecule has 0 radical (unpaired) electrons. The van der Waals surface area contributed by atoms with Gasteiger partial charge in [0, 0.05) is 0 Å².